The second-order valence-corrected chi connectivity index (χ2v) is 4.86. The summed E-state index contributed by atoms with van der Waals surface area (Å²) in [6.07, 6.45) is 7.34. The quantitative estimate of drug-likeness (QED) is 0.486. The molecule has 0 saturated heterocycles. The van der Waals surface area contributed by atoms with Gasteiger partial charge in [0.05, 0.1) is 6.10 Å². The Morgan fingerprint density at radius 2 is 1.89 bits per heavy atom. The summed E-state index contributed by atoms with van der Waals surface area (Å²) in [7, 11) is 0. The normalized spacial score (nSPS) is 12.3. The summed E-state index contributed by atoms with van der Waals surface area (Å²) in [5, 5.41) is 9.60. The highest BCUT2D eigenvalue weighted by molar-refractivity contribution is 5.14. The van der Waals surface area contributed by atoms with E-state index < -0.39 is 0 Å². The highest BCUT2D eigenvalue weighted by atomic mass is 16.5. The van der Waals surface area contributed by atoms with Gasteiger partial charge in [-0.3, -0.25) is 0 Å². The van der Waals surface area contributed by atoms with Crippen LogP contribution in [0.1, 0.15) is 37.7 Å². The van der Waals surface area contributed by atoms with E-state index in [-0.39, 0.29) is 6.10 Å². The smallest absolute Gasteiger partial charge is 0.0565 e. The maximum Gasteiger partial charge on any atom is 0.0565 e. The summed E-state index contributed by atoms with van der Waals surface area (Å²) in [6, 6.07) is 10.5. The van der Waals surface area contributed by atoms with Crippen molar-refractivity contribution in [2.75, 3.05) is 13.2 Å². The highest BCUT2D eigenvalue weighted by Crippen LogP contribution is 2.05. The largest absolute Gasteiger partial charge is 0.393 e. The van der Waals surface area contributed by atoms with Crippen molar-refractivity contribution in [3.63, 3.8) is 0 Å². The number of ether oxygens (including phenoxy) is 1. The summed E-state index contributed by atoms with van der Waals surface area (Å²) in [5.74, 6) is 0. The topological polar surface area (TPSA) is 29.5 Å². The Morgan fingerprint density at radius 1 is 1.11 bits per heavy atom. The lowest BCUT2D eigenvalue weighted by atomic mass is 10.1. The molecule has 0 saturated carbocycles. The van der Waals surface area contributed by atoms with E-state index in [0.717, 1.165) is 45.1 Å². The van der Waals surface area contributed by atoms with Gasteiger partial charge in [0, 0.05) is 13.2 Å². The van der Waals surface area contributed by atoms with Crippen LogP contribution in [0.4, 0.5) is 0 Å². The number of rotatable bonds is 11. The van der Waals surface area contributed by atoms with Crippen molar-refractivity contribution in [3.05, 3.63) is 48.6 Å². The maximum atomic E-state index is 9.60. The number of benzene rings is 1. The number of aliphatic hydroxyl groups is 1. The van der Waals surface area contributed by atoms with Gasteiger partial charge in [0.2, 0.25) is 0 Å². The first-order chi connectivity index (χ1) is 9.33. The average Bonchev–Trinajstić information content (AvgIpc) is 2.45. The van der Waals surface area contributed by atoms with Crippen LogP contribution in [0, 0.1) is 0 Å². The Kier molecular flexibility index (Phi) is 9.03. The molecule has 2 nitrogen and oxygen atoms in total. The van der Waals surface area contributed by atoms with Crippen molar-refractivity contribution in [2.45, 2.75) is 44.6 Å². The number of allylic oxidation sites excluding steroid dienone is 1. The third kappa shape index (κ3) is 8.57. The molecule has 106 valence electrons. The molecule has 1 atom stereocenters. The molecule has 1 N–H and O–H groups in total. The molecule has 0 aromatic heterocycles. The van der Waals surface area contributed by atoms with Crippen molar-refractivity contribution in [1.82, 2.24) is 0 Å². The fraction of sp³-hybridized carbons (Fsp3) is 0.529. The van der Waals surface area contributed by atoms with Gasteiger partial charge in [-0.2, -0.15) is 0 Å². The van der Waals surface area contributed by atoms with Gasteiger partial charge in [-0.05, 0) is 44.1 Å². The molecule has 1 aromatic rings. The molecule has 0 amide bonds. The minimum atomic E-state index is -0.248. The van der Waals surface area contributed by atoms with Gasteiger partial charge in [0.25, 0.3) is 0 Å². The molecule has 0 aliphatic rings. The Hall–Kier alpha value is -1.12. The number of hydrogen-bond acceptors (Lipinski definition) is 2. The first-order valence-electron chi connectivity index (χ1n) is 7.23. The predicted octanol–water partition coefficient (Wildman–Crippen LogP) is 3.74. The molecule has 1 unspecified atom stereocenters. The van der Waals surface area contributed by atoms with Gasteiger partial charge in [-0.15, -0.1) is 6.58 Å². The molecule has 0 aliphatic carbocycles. The van der Waals surface area contributed by atoms with Crippen molar-refractivity contribution < 1.29 is 9.84 Å². The molecule has 0 aliphatic heterocycles. The van der Waals surface area contributed by atoms with Gasteiger partial charge in [0.1, 0.15) is 0 Å². The van der Waals surface area contributed by atoms with Gasteiger partial charge in [0.15, 0.2) is 0 Å². The minimum absolute atomic E-state index is 0.248. The highest BCUT2D eigenvalue weighted by Gasteiger charge is 2.02. The molecule has 19 heavy (non-hydrogen) atoms. The van der Waals surface area contributed by atoms with E-state index in [2.05, 4.69) is 30.8 Å². The van der Waals surface area contributed by atoms with Crippen molar-refractivity contribution >= 4 is 0 Å². The van der Waals surface area contributed by atoms with E-state index in [1.54, 1.807) is 0 Å². The fourth-order valence-corrected chi connectivity index (χ4v) is 1.95. The van der Waals surface area contributed by atoms with Crippen LogP contribution in [0.2, 0.25) is 0 Å². The summed E-state index contributed by atoms with van der Waals surface area (Å²) in [6.45, 7) is 5.09. The van der Waals surface area contributed by atoms with Crippen LogP contribution in [0.15, 0.2) is 43.0 Å². The Morgan fingerprint density at radius 3 is 2.63 bits per heavy atom. The van der Waals surface area contributed by atoms with Gasteiger partial charge >= 0.3 is 0 Å². The lowest BCUT2D eigenvalue weighted by molar-refractivity contribution is 0.0769. The Bertz CT molecular complexity index is 321. The Balaban J connectivity index is 1.90. The monoisotopic (exact) mass is 262 g/mol. The lowest BCUT2D eigenvalue weighted by Gasteiger charge is -2.09. The molecule has 0 fully saturated rings. The van der Waals surface area contributed by atoms with Gasteiger partial charge < -0.3 is 9.84 Å². The van der Waals surface area contributed by atoms with E-state index >= 15 is 0 Å². The zero-order chi connectivity index (χ0) is 13.8. The van der Waals surface area contributed by atoms with Crippen LogP contribution in [-0.2, 0) is 11.2 Å². The van der Waals surface area contributed by atoms with E-state index in [4.69, 9.17) is 4.74 Å². The zero-order valence-electron chi connectivity index (χ0n) is 11.8. The van der Waals surface area contributed by atoms with Crippen LogP contribution in [0.5, 0.6) is 0 Å². The summed E-state index contributed by atoms with van der Waals surface area (Å²) in [4.78, 5) is 0. The van der Waals surface area contributed by atoms with E-state index in [1.165, 1.54) is 5.56 Å². The van der Waals surface area contributed by atoms with Crippen LogP contribution < -0.4 is 0 Å². The number of aliphatic hydroxyl groups excluding tert-OH is 1. The van der Waals surface area contributed by atoms with Crippen molar-refractivity contribution in [1.29, 1.82) is 0 Å². The van der Waals surface area contributed by atoms with Gasteiger partial charge in [-0.25, -0.2) is 0 Å². The molecule has 0 bridgehead atoms. The third-order valence-electron chi connectivity index (χ3n) is 3.15. The number of hydrogen-bond donors (Lipinski definition) is 1. The second kappa shape index (κ2) is 10.8. The SMILES string of the molecule is C=CCCC(O)CCOCCCCc1ccccc1. The summed E-state index contributed by atoms with van der Waals surface area (Å²) >= 11 is 0. The molecule has 2 heteroatoms. The van der Waals surface area contributed by atoms with Crippen LogP contribution in [0.25, 0.3) is 0 Å². The summed E-state index contributed by atoms with van der Waals surface area (Å²) in [5.41, 5.74) is 1.39. The zero-order valence-corrected chi connectivity index (χ0v) is 11.8. The van der Waals surface area contributed by atoms with Crippen LogP contribution >= 0.6 is 0 Å². The van der Waals surface area contributed by atoms with Crippen LogP contribution in [0.3, 0.4) is 0 Å². The molecule has 0 radical (unpaired) electrons. The first-order valence-corrected chi connectivity index (χ1v) is 7.23. The van der Waals surface area contributed by atoms with Crippen molar-refractivity contribution in [3.8, 4) is 0 Å². The van der Waals surface area contributed by atoms with Crippen LogP contribution in [-0.4, -0.2) is 24.4 Å². The maximum absolute atomic E-state index is 9.60. The number of aryl methyl sites for hydroxylation is 1. The minimum Gasteiger partial charge on any atom is -0.393 e. The van der Waals surface area contributed by atoms with E-state index in [0.29, 0.717) is 6.61 Å². The Labute approximate surface area is 117 Å². The molecular formula is C17H26O2. The predicted molar refractivity (Wildman–Crippen MR) is 80.3 cm³/mol. The third-order valence-corrected chi connectivity index (χ3v) is 3.15. The van der Waals surface area contributed by atoms with E-state index in [1.807, 2.05) is 12.1 Å². The van der Waals surface area contributed by atoms with Gasteiger partial charge in [-0.1, -0.05) is 36.4 Å². The standard InChI is InChI=1S/C17H26O2/c1-2-3-12-17(18)13-15-19-14-8-7-11-16-9-5-4-6-10-16/h2,4-6,9-10,17-18H,1,3,7-8,11-15H2. The second-order valence-electron chi connectivity index (χ2n) is 4.86. The molecule has 0 spiro atoms. The summed E-state index contributed by atoms with van der Waals surface area (Å²) < 4.78 is 5.54. The molecule has 1 aromatic carbocycles. The molecule has 0 heterocycles. The first kappa shape index (κ1) is 15.9. The fourth-order valence-electron chi connectivity index (χ4n) is 1.95. The van der Waals surface area contributed by atoms with E-state index in [9.17, 15) is 5.11 Å². The van der Waals surface area contributed by atoms with Crippen molar-refractivity contribution in [2.24, 2.45) is 0 Å². The molecule has 1 rings (SSSR count). The molecular weight excluding hydrogens is 236 g/mol. The average molecular weight is 262 g/mol. The number of unbranched alkanes of at least 4 members (excludes halogenated alkanes) is 1. The lowest BCUT2D eigenvalue weighted by Crippen LogP contribution is -2.10.